The maximum Gasteiger partial charge on any atom is 0.257 e. The lowest BCUT2D eigenvalue weighted by Crippen LogP contribution is -2.38. The topological polar surface area (TPSA) is 79.3 Å². The van der Waals surface area contributed by atoms with E-state index in [2.05, 4.69) is 28.5 Å². The number of hydrogen-bond acceptors (Lipinski definition) is 4. The Labute approximate surface area is 262 Å². The lowest BCUT2D eigenvalue weighted by atomic mass is 9.87. The first-order chi connectivity index (χ1) is 20.4. The van der Waals surface area contributed by atoms with Crippen LogP contribution in [0.2, 0.25) is 10.0 Å². The van der Waals surface area contributed by atoms with E-state index in [0.29, 0.717) is 39.1 Å². The number of carbonyl (C=O) groups is 2. The zero-order valence-electron chi connectivity index (χ0n) is 25.3. The first-order valence-electron chi connectivity index (χ1n) is 15.4. The maximum atomic E-state index is 14.0. The SMILES string of the molecule is CC1CCC(NC(=O)c2cc3nc(Cc4c(Cl)ccc(CNC(=O)C(C)(C)F)c4Cl)n(C)c3cc2N2CC3CC3C2)CC1. The number of nitrogens with zero attached hydrogens (tertiary/aromatic N) is 3. The molecular weight excluding hydrogens is 588 g/mol. The fourth-order valence-corrected chi connectivity index (χ4v) is 7.20. The van der Waals surface area contributed by atoms with E-state index >= 15 is 0 Å². The van der Waals surface area contributed by atoms with Crippen molar-refractivity contribution < 1.29 is 14.0 Å². The number of amides is 2. The first kappa shape index (κ1) is 30.2. The smallest absolute Gasteiger partial charge is 0.257 e. The van der Waals surface area contributed by atoms with Gasteiger partial charge in [-0.25, -0.2) is 9.37 Å². The number of fused-ring (bicyclic) bond motifs is 2. The molecule has 43 heavy (non-hydrogen) atoms. The molecule has 2 aliphatic carbocycles. The Kier molecular flexibility index (Phi) is 8.14. The number of nitrogens with one attached hydrogen (secondary N) is 2. The summed E-state index contributed by atoms with van der Waals surface area (Å²) in [5.41, 5.74) is 2.67. The van der Waals surface area contributed by atoms with Crippen LogP contribution in [-0.4, -0.2) is 46.2 Å². The minimum Gasteiger partial charge on any atom is -0.370 e. The highest BCUT2D eigenvalue weighted by atomic mass is 35.5. The van der Waals surface area contributed by atoms with Gasteiger partial charge in [0.1, 0.15) is 5.82 Å². The molecule has 2 N–H and O–H groups in total. The van der Waals surface area contributed by atoms with Crippen molar-refractivity contribution in [2.75, 3.05) is 18.0 Å². The first-order valence-corrected chi connectivity index (χ1v) is 16.1. The molecule has 0 bridgehead atoms. The Morgan fingerprint density at radius 1 is 1.09 bits per heavy atom. The number of imidazole rings is 1. The lowest BCUT2D eigenvalue weighted by molar-refractivity contribution is -0.130. The van der Waals surface area contributed by atoms with Crippen LogP contribution in [0.4, 0.5) is 10.1 Å². The Morgan fingerprint density at radius 2 is 1.79 bits per heavy atom. The van der Waals surface area contributed by atoms with Gasteiger partial charge in [0.2, 0.25) is 0 Å². The third-order valence-electron chi connectivity index (χ3n) is 9.59. The van der Waals surface area contributed by atoms with E-state index < -0.39 is 11.6 Å². The molecule has 1 aliphatic heterocycles. The molecule has 0 spiro atoms. The highest BCUT2D eigenvalue weighted by Crippen LogP contribution is 2.47. The largest absolute Gasteiger partial charge is 0.370 e. The summed E-state index contributed by atoms with van der Waals surface area (Å²) in [6.45, 7) is 6.76. The molecule has 2 atom stereocenters. The minimum atomic E-state index is -1.99. The number of alkyl halides is 1. The molecule has 1 aromatic heterocycles. The lowest BCUT2D eigenvalue weighted by Gasteiger charge is -2.28. The summed E-state index contributed by atoms with van der Waals surface area (Å²) < 4.78 is 16.0. The standard InChI is InChI=1S/C33H40Cl2FN5O2/c1-18-5-8-22(9-6-18)38-31(42)24-12-26-28(14-27(24)41-16-20-11-21(20)17-41)40(4)29(39-26)13-23-25(34)10-7-19(30(23)35)15-37-32(43)33(2,3)36/h7,10,12,14,18,20-22H,5-6,8-9,11,13,15-17H2,1-4H3,(H,37,43)(H,38,42). The number of aromatic nitrogens is 2. The van der Waals surface area contributed by atoms with Crippen LogP contribution in [0.15, 0.2) is 24.3 Å². The van der Waals surface area contributed by atoms with Gasteiger partial charge in [0.25, 0.3) is 11.8 Å². The number of piperidine rings is 1. The predicted octanol–water partition coefficient (Wildman–Crippen LogP) is 6.60. The fraction of sp³-hybridized carbons (Fsp3) is 0.545. The second-order valence-corrected chi connectivity index (χ2v) is 14.2. The van der Waals surface area contributed by atoms with Crippen molar-refractivity contribution in [3.8, 4) is 0 Å². The molecule has 10 heteroatoms. The fourth-order valence-electron chi connectivity index (χ4n) is 6.63. The molecule has 230 valence electrons. The Morgan fingerprint density at radius 3 is 2.47 bits per heavy atom. The molecule has 3 fully saturated rings. The van der Waals surface area contributed by atoms with Gasteiger partial charge in [-0.3, -0.25) is 9.59 Å². The van der Waals surface area contributed by atoms with E-state index in [1.54, 1.807) is 12.1 Å². The second kappa shape index (κ2) is 11.6. The summed E-state index contributed by atoms with van der Waals surface area (Å²) in [5, 5.41) is 6.83. The molecule has 3 aromatic rings. The molecule has 2 amide bonds. The van der Waals surface area contributed by atoms with Crippen molar-refractivity contribution in [2.45, 2.75) is 77.6 Å². The second-order valence-electron chi connectivity index (χ2n) is 13.4. The van der Waals surface area contributed by atoms with Crippen molar-refractivity contribution in [1.82, 2.24) is 20.2 Å². The van der Waals surface area contributed by atoms with Gasteiger partial charge >= 0.3 is 0 Å². The van der Waals surface area contributed by atoms with Gasteiger partial charge in [0.15, 0.2) is 5.67 Å². The zero-order chi connectivity index (χ0) is 30.6. The van der Waals surface area contributed by atoms with Crippen LogP contribution < -0.4 is 15.5 Å². The third-order valence-corrected chi connectivity index (χ3v) is 10.4. The van der Waals surface area contributed by atoms with Gasteiger partial charge in [0, 0.05) is 44.2 Å². The monoisotopic (exact) mass is 627 g/mol. The van der Waals surface area contributed by atoms with Crippen molar-refractivity contribution in [3.05, 3.63) is 56.8 Å². The van der Waals surface area contributed by atoms with E-state index in [9.17, 15) is 14.0 Å². The van der Waals surface area contributed by atoms with Crippen LogP contribution in [-0.2, 0) is 24.8 Å². The molecule has 1 saturated heterocycles. The molecule has 7 nitrogen and oxygen atoms in total. The minimum absolute atomic E-state index is 0.0264. The molecule has 2 aromatic carbocycles. The van der Waals surface area contributed by atoms with Crippen LogP contribution in [0, 0.1) is 17.8 Å². The molecular formula is C33H40Cl2FN5O2. The van der Waals surface area contributed by atoms with Gasteiger partial charge in [0.05, 0.1) is 27.3 Å². The Bertz CT molecular complexity index is 1560. The van der Waals surface area contributed by atoms with Crippen LogP contribution in [0.5, 0.6) is 0 Å². The Hall–Kier alpha value is -2.84. The highest BCUT2D eigenvalue weighted by molar-refractivity contribution is 6.36. The molecule has 2 saturated carbocycles. The number of benzene rings is 2. The average molecular weight is 629 g/mol. The average Bonchev–Trinajstić information content (AvgIpc) is 3.45. The highest BCUT2D eigenvalue weighted by Gasteiger charge is 2.46. The van der Waals surface area contributed by atoms with E-state index in [1.165, 1.54) is 20.3 Å². The number of hydrogen-bond donors (Lipinski definition) is 2. The van der Waals surface area contributed by atoms with Crippen LogP contribution >= 0.6 is 23.2 Å². The summed E-state index contributed by atoms with van der Waals surface area (Å²) in [5.74, 6) is 2.18. The number of rotatable bonds is 8. The van der Waals surface area contributed by atoms with Gasteiger partial charge < -0.3 is 20.1 Å². The summed E-state index contributed by atoms with van der Waals surface area (Å²) in [6, 6.07) is 7.73. The van der Waals surface area contributed by atoms with Gasteiger partial charge in [-0.1, -0.05) is 36.2 Å². The molecule has 0 radical (unpaired) electrons. The molecule has 3 aliphatic rings. The number of carbonyl (C=O) groups excluding carboxylic acids is 2. The molecule has 2 unspecified atom stereocenters. The van der Waals surface area contributed by atoms with E-state index in [-0.39, 0.29) is 18.5 Å². The van der Waals surface area contributed by atoms with Crippen molar-refractivity contribution in [1.29, 1.82) is 0 Å². The van der Waals surface area contributed by atoms with Gasteiger partial charge in [-0.2, -0.15) is 0 Å². The summed E-state index contributed by atoms with van der Waals surface area (Å²) in [7, 11) is 1.97. The van der Waals surface area contributed by atoms with Crippen molar-refractivity contribution in [2.24, 2.45) is 24.8 Å². The summed E-state index contributed by atoms with van der Waals surface area (Å²) in [4.78, 5) is 33.1. The van der Waals surface area contributed by atoms with E-state index in [4.69, 9.17) is 28.2 Å². The van der Waals surface area contributed by atoms with Gasteiger partial charge in [-0.05, 0) is 93.0 Å². The van der Waals surface area contributed by atoms with Crippen LogP contribution in [0.25, 0.3) is 11.0 Å². The normalized spacial score (nSPS) is 23.4. The number of anilines is 1. The molecule has 2 heterocycles. The molecule has 6 rings (SSSR count). The van der Waals surface area contributed by atoms with Gasteiger partial charge in [-0.15, -0.1) is 0 Å². The third kappa shape index (κ3) is 6.23. The quantitative estimate of drug-likeness (QED) is 0.295. The van der Waals surface area contributed by atoms with Crippen molar-refractivity contribution >= 4 is 51.7 Å². The number of aryl methyl sites for hydroxylation is 1. The zero-order valence-corrected chi connectivity index (χ0v) is 26.8. The summed E-state index contributed by atoms with van der Waals surface area (Å²) >= 11 is 13.4. The number of halogens is 3. The Balaban J connectivity index is 1.30. The predicted molar refractivity (Wildman–Crippen MR) is 170 cm³/mol. The van der Waals surface area contributed by atoms with E-state index in [1.807, 2.05) is 17.7 Å². The van der Waals surface area contributed by atoms with Crippen LogP contribution in [0.1, 0.15) is 80.2 Å². The van der Waals surface area contributed by atoms with E-state index in [0.717, 1.165) is 73.2 Å². The van der Waals surface area contributed by atoms with Crippen LogP contribution in [0.3, 0.4) is 0 Å². The summed E-state index contributed by atoms with van der Waals surface area (Å²) in [6.07, 6.45) is 5.95. The maximum absolute atomic E-state index is 14.0. The van der Waals surface area contributed by atoms with Crippen molar-refractivity contribution in [3.63, 3.8) is 0 Å².